The molecule has 70 valence electrons. The van der Waals surface area contributed by atoms with Crippen LogP contribution >= 0.6 is 27.7 Å². The fraction of sp³-hybridized carbons (Fsp3) is 0.625. The Bertz CT molecular complexity index is 180. The number of thioether (sulfide) groups is 1. The molecule has 0 aromatic rings. The Labute approximate surface area is 85.6 Å². The lowest BCUT2D eigenvalue weighted by Gasteiger charge is -2.14. The summed E-state index contributed by atoms with van der Waals surface area (Å²) < 4.78 is 0.833. The summed E-state index contributed by atoms with van der Waals surface area (Å²) in [5.41, 5.74) is 0. The van der Waals surface area contributed by atoms with Crippen molar-refractivity contribution < 1.29 is 9.90 Å². The molecule has 1 atom stereocenters. The van der Waals surface area contributed by atoms with E-state index in [1.54, 1.807) is 0 Å². The lowest BCUT2D eigenvalue weighted by molar-refractivity contribution is -0.137. The molecule has 4 heteroatoms. The van der Waals surface area contributed by atoms with Gasteiger partial charge in [0.05, 0.1) is 0 Å². The van der Waals surface area contributed by atoms with Gasteiger partial charge in [0.1, 0.15) is 5.25 Å². The summed E-state index contributed by atoms with van der Waals surface area (Å²) >= 11 is 4.59. The van der Waals surface area contributed by atoms with Gasteiger partial charge >= 0.3 is 5.97 Å². The van der Waals surface area contributed by atoms with Crippen molar-refractivity contribution in [3.05, 3.63) is 11.1 Å². The van der Waals surface area contributed by atoms with Crippen LogP contribution in [0.15, 0.2) is 11.1 Å². The van der Waals surface area contributed by atoms with Gasteiger partial charge in [-0.3, -0.25) is 4.79 Å². The van der Waals surface area contributed by atoms with Crippen molar-refractivity contribution >= 4 is 33.7 Å². The predicted molar refractivity (Wildman–Crippen MR) is 56.8 cm³/mol. The van der Waals surface area contributed by atoms with E-state index in [-0.39, 0.29) is 11.2 Å². The van der Waals surface area contributed by atoms with Crippen LogP contribution in [0.2, 0.25) is 0 Å². The highest BCUT2D eigenvalue weighted by atomic mass is 79.9. The van der Waals surface area contributed by atoms with Crippen LogP contribution in [0.3, 0.4) is 0 Å². The van der Waals surface area contributed by atoms with Crippen LogP contribution in [-0.2, 0) is 4.79 Å². The first-order chi connectivity index (χ1) is 5.45. The van der Waals surface area contributed by atoms with E-state index >= 15 is 0 Å². The molecule has 0 heterocycles. The van der Waals surface area contributed by atoms with E-state index in [4.69, 9.17) is 5.11 Å². The van der Waals surface area contributed by atoms with Crippen LogP contribution in [0.25, 0.3) is 0 Å². The quantitative estimate of drug-likeness (QED) is 0.818. The van der Waals surface area contributed by atoms with Crippen molar-refractivity contribution in [2.75, 3.05) is 5.75 Å². The summed E-state index contributed by atoms with van der Waals surface area (Å²) in [5, 5.41) is 8.46. The van der Waals surface area contributed by atoms with Gasteiger partial charge in [0.2, 0.25) is 0 Å². The molecule has 0 aliphatic heterocycles. The number of hydrogen-bond donors (Lipinski definition) is 1. The summed E-state index contributed by atoms with van der Waals surface area (Å²) in [5.74, 6) is 0.0536. The molecule has 12 heavy (non-hydrogen) atoms. The topological polar surface area (TPSA) is 37.3 Å². The summed E-state index contributed by atoms with van der Waals surface area (Å²) in [4.78, 5) is 10.7. The smallest absolute Gasteiger partial charge is 0.316 e. The second kappa shape index (κ2) is 5.65. The van der Waals surface area contributed by atoms with Crippen molar-refractivity contribution in [3.63, 3.8) is 0 Å². The number of carbonyl (C=O) groups is 1. The third-order valence-electron chi connectivity index (χ3n) is 1.27. The average molecular weight is 253 g/mol. The maximum atomic E-state index is 10.7. The van der Waals surface area contributed by atoms with Gasteiger partial charge in [-0.05, 0) is 10.4 Å². The SMILES string of the molecule is C=C(Br)CSC(C(=O)O)C(C)C. The van der Waals surface area contributed by atoms with Crippen LogP contribution in [-0.4, -0.2) is 22.1 Å². The summed E-state index contributed by atoms with van der Waals surface area (Å²) in [6, 6.07) is 0. The van der Waals surface area contributed by atoms with Gasteiger partial charge in [0.25, 0.3) is 0 Å². The Balaban J connectivity index is 3.97. The summed E-state index contributed by atoms with van der Waals surface area (Å²) in [6.07, 6.45) is 0. The zero-order valence-corrected chi connectivity index (χ0v) is 9.61. The molecule has 0 fully saturated rings. The third kappa shape index (κ3) is 4.83. The molecular formula is C8H13BrO2S. The minimum Gasteiger partial charge on any atom is -0.480 e. The van der Waals surface area contributed by atoms with Gasteiger partial charge in [-0.15, -0.1) is 11.8 Å². The van der Waals surface area contributed by atoms with E-state index in [2.05, 4.69) is 22.5 Å². The molecule has 0 aliphatic carbocycles. The fourth-order valence-corrected chi connectivity index (χ4v) is 2.01. The molecule has 2 nitrogen and oxygen atoms in total. The van der Waals surface area contributed by atoms with Gasteiger partial charge in [-0.1, -0.05) is 36.4 Å². The predicted octanol–water partition coefficient (Wildman–Crippen LogP) is 2.74. The summed E-state index contributed by atoms with van der Waals surface area (Å²) in [7, 11) is 0. The Morgan fingerprint density at radius 2 is 2.17 bits per heavy atom. The second-order valence-electron chi connectivity index (χ2n) is 2.83. The molecule has 0 saturated heterocycles. The van der Waals surface area contributed by atoms with Gasteiger partial charge in [-0.2, -0.15) is 0 Å². The normalized spacial score (nSPS) is 13.0. The average Bonchev–Trinajstić information content (AvgIpc) is 1.84. The van der Waals surface area contributed by atoms with Crippen molar-refractivity contribution in [1.82, 2.24) is 0 Å². The van der Waals surface area contributed by atoms with Gasteiger partial charge in [-0.25, -0.2) is 0 Å². The van der Waals surface area contributed by atoms with Crippen LogP contribution in [0.5, 0.6) is 0 Å². The first kappa shape index (κ1) is 12.0. The number of hydrogen-bond acceptors (Lipinski definition) is 2. The molecule has 0 aromatic carbocycles. The van der Waals surface area contributed by atoms with E-state index in [0.717, 1.165) is 4.48 Å². The zero-order valence-electron chi connectivity index (χ0n) is 7.21. The molecule has 0 amide bonds. The van der Waals surface area contributed by atoms with Crippen LogP contribution < -0.4 is 0 Å². The maximum Gasteiger partial charge on any atom is 0.316 e. The highest BCUT2D eigenvalue weighted by Gasteiger charge is 2.21. The number of halogens is 1. The summed E-state index contributed by atoms with van der Waals surface area (Å²) in [6.45, 7) is 7.46. The van der Waals surface area contributed by atoms with E-state index in [9.17, 15) is 4.79 Å². The van der Waals surface area contributed by atoms with Crippen molar-refractivity contribution in [2.24, 2.45) is 5.92 Å². The zero-order chi connectivity index (χ0) is 9.72. The van der Waals surface area contributed by atoms with Gasteiger partial charge < -0.3 is 5.11 Å². The molecular weight excluding hydrogens is 240 g/mol. The Morgan fingerprint density at radius 3 is 2.42 bits per heavy atom. The van der Waals surface area contributed by atoms with E-state index in [0.29, 0.717) is 5.75 Å². The van der Waals surface area contributed by atoms with Crippen molar-refractivity contribution in [2.45, 2.75) is 19.1 Å². The molecule has 0 spiro atoms. The number of carboxylic acid groups (broad SMARTS) is 1. The maximum absolute atomic E-state index is 10.7. The monoisotopic (exact) mass is 252 g/mol. The lowest BCUT2D eigenvalue weighted by atomic mass is 10.1. The minimum absolute atomic E-state index is 0.152. The van der Waals surface area contributed by atoms with Crippen LogP contribution in [0.4, 0.5) is 0 Å². The van der Waals surface area contributed by atoms with E-state index in [1.165, 1.54) is 11.8 Å². The van der Waals surface area contributed by atoms with E-state index in [1.807, 2.05) is 13.8 Å². The number of carboxylic acids is 1. The molecule has 1 N–H and O–H groups in total. The molecule has 0 saturated carbocycles. The van der Waals surface area contributed by atoms with Crippen molar-refractivity contribution in [1.29, 1.82) is 0 Å². The van der Waals surface area contributed by atoms with Crippen molar-refractivity contribution in [3.8, 4) is 0 Å². The molecule has 0 aliphatic rings. The fourth-order valence-electron chi connectivity index (χ4n) is 0.729. The standard InChI is InChI=1S/C8H13BrO2S/c1-5(2)7(8(10)11)12-4-6(3)9/h5,7H,3-4H2,1-2H3,(H,10,11). The highest BCUT2D eigenvalue weighted by molar-refractivity contribution is 9.11. The molecule has 0 rings (SSSR count). The lowest BCUT2D eigenvalue weighted by Crippen LogP contribution is -2.22. The largest absolute Gasteiger partial charge is 0.480 e. The number of rotatable bonds is 5. The van der Waals surface area contributed by atoms with Crippen LogP contribution in [0.1, 0.15) is 13.8 Å². The molecule has 0 aromatic heterocycles. The Morgan fingerprint density at radius 1 is 1.67 bits per heavy atom. The minimum atomic E-state index is -0.747. The van der Waals surface area contributed by atoms with Gasteiger partial charge in [0, 0.05) is 5.75 Å². The first-order valence-electron chi connectivity index (χ1n) is 3.62. The van der Waals surface area contributed by atoms with Crippen LogP contribution in [0, 0.1) is 5.92 Å². The third-order valence-corrected chi connectivity index (χ3v) is 3.54. The Kier molecular flexibility index (Phi) is 5.66. The van der Waals surface area contributed by atoms with E-state index < -0.39 is 5.97 Å². The molecule has 0 bridgehead atoms. The highest BCUT2D eigenvalue weighted by Crippen LogP contribution is 2.23. The molecule has 1 unspecified atom stereocenters. The first-order valence-corrected chi connectivity index (χ1v) is 5.47. The molecule has 0 radical (unpaired) electrons. The second-order valence-corrected chi connectivity index (χ2v) is 5.08. The number of aliphatic carboxylic acids is 1. The Hall–Kier alpha value is 0.0400. The van der Waals surface area contributed by atoms with Gasteiger partial charge in [0.15, 0.2) is 0 Å².